The molecule has 1 atom stereocenters. The zero-order valence-corrected chi connectivity index (χ0v) is 10.6. The Labute approximate surface area is 112 Å². The Morgan fingerprint density at radius 2 is 2.42 bits per heavy atom. The fourth-order valence-corrected chi connectivity index (χ4v) is 2.88. The minimum Gasteiger partial charge on any atom is -0.363 e. The van der Waals surface area contributed by atoms with E-state index in [0.29, 0.717) is 23.3 Å². The van der Waals surface area contributed by atoms with E-state index in [1.54, 1.807) is 6.07 Å². The van der Waals surface area contributed by atoms with Gasteiger partial charge < -0.3 is 9.84 Å². The number of amides is 1. The number of anilines is 1. The van der Waals surface area contributed by atoms with Crippen molar-refractivity contribution in [3.05, 3.63) is 34.9 Å². The second kappa shape index (κ2) is 4.88. The molecule has 1 N–H and O–H groups in total. The van der Waals surface area contributed by atoms with Crippen LogP contribution in [-0.2, 0) is 11.3 Å². The monoisotopic (exact) mass is 278 g/mol. The van der Waals surface area contributed by atoms with Gasteiger partial charge in [0.25, 0.3) is 5.56 Å². The standard InChI is InChI=1S/C11H10N4O3S/c16-9-1-3-12-11-15(9)5-7(6-19-11)10(17)13-8-2-4-18-14-8/h1-4,7H,5-6H2,(H,13,14,17). The van der Waals surface area contributed by atoms with Gasteiger partial charge in [0.15, 0.2) is 11.0 Å². The number of thioether (sulfide) groups is 1. The molecule has 0 radical (unpaired) electrons. The number of nitrogens with zero attached hydrogens (tertiary/aromatic N) is 3. The first-order valence-electron chi connectivity index (χ1n) is 5.64. The Hall–Kier alpha value is -2.09. The number of hydrogen-bond donors (Lipinski definition) is 1. The van der Waals surface area contributed by atoms with Crippen molar-refractivity contribution in [1.29, 1.82) is 0 Å². The summed E-state index contributed by atoms with van der Waals surface area (Å²) in [7, 11) is 0. The third kappa shape index (κ3) is 2.39. The molecule has 0 bridgehead atoms. The number of carbonyl (C=O) groups excluding carboxylic acids is 1. The molecule has 1 aliphatic heterocycles. The molecule has 8 heteroatoms. The first-order valence-corrected chi connectivity index (χ1v) is 6.62. The second-order valence-electron chi connectivity index (χ2n) is 4.06. The van der Waals surface area contributed by atoms with Crippen LogP contribution in [0.4, 0.5) is 5.82 Å². The predicted molar refractivity (Wildman–Crippen MR) is 67.8 cm³/mol. The second-order valence-corrected chi connectivity index (χ2v) is 5.05. The smallest absolute Gasteiger partial charge is 0.254 e. The Bertz CT molecular complexity index is 652. The van der Waals surface area contributed by atoms with Crippen LogP contribution in [-0.4, -0.2) is 26.4 Å². The van der Waals surface area contributed by atoms with Crippen LogP contribution < -0.4 is 10.9 Å². The molecule has 0 aromatic carbocycles. The molecular formula is C11H10N4O3S. The molecule has 7 nitrogen and oxygen atoms in total. The molecule has 2 aromatic heterocycles. The molecule has 19 heavy (non-hydrogen) atoms. The van der Waals surface area contributed by atoms with E-state index < -0.39 is 0 Å². The lowest BCUT2D eigenvalue weighted by Gasteiger charge is -2.23. The molecule has 0 aliphatic carbocycles. The van der Waals surface area contributed by atoms with Crippen molar-refractivity contribution < 1.29 is 9.32 Å². The van der Waals surface area contributed by atoms with Gasteiger partial charge in [-0.2, -0.15) is 0 Å². The number of nitrogens with one attached hydrogen (secondary N) is 1. The van der Waals surface area contributed by atoms with E-state index in [2.05, 4.69) is 20.0 Å². The maximum Gasteiger partial charge on any atom is 0.254 e. The average molecular weight is 278 g/mol. The largest absolute Gasteiger partial charge is 0.363 e. The fourth-order valence-electron chi connectivity index (χ4n) is 1.81. The molecule has 98 valence electrons. The number of carbonyl (C=O) groups is 1. The summed E-state index contributed by atoms with van der Waals surface area (Å²) < 4.78 is 6.16. The van der Waals surface area contributed by atoms with Crippen LogP contribution >= 0.6 is 11.8 Å². The van der Waals surface area contributed by atoms with E-state index in [4.69, 9.17) is 0 Å². The van der Waals surface area contributed by atoms with Crippen molar-refractivity contribution in [2.24, 2.45) is 5.92 Å². The maximum atomic E-state index is 12.0. The van der Waals surface area contributed by atoms with Gasteiger partial charge in [-0.15, -0.1) is 0 Å². The molecule has 3 heterocycles. The summed E-state index contributed by atoms with van der Waals surface area (Å²) in [6.45, 7) is 0.332. The van der Waals surface area contributed by atoms with E-state index >= 15 is 0 Å². The van der Waals surface area contributed by atoms with Crippen molar-refractivity contribution in [3.8, 4) is 0 Å². The highest BCUT2D eigenvalue weighted by molar-refractivity contribution is 7.99. The molecule has 1 aliphatic rings. The number of hydrogen-bond acceptors (Lipinski definition) is 6. The van der Waals surface area contributed by atoms with Crippen LogP contribution in [0.25, 0.3) is 0 Å². The summed E-state index contributed by atoms with van der Waals surface area (Å²) in [6.07, 6.45) is 2.87. The Balaban J connectivity index is 1.76. The molecule has 1 amide bonds. The molecule has 2 aromatic rings. The van der Waals surface area contributed by atoms with E-state index in [1.807, 2.05) is 0 Å². The van der Waals surface area contributed by atoms with Crippen molar-refractivity contribution in [3.63, 3.8) is 0 Å². The van der Waals surface area contributed by atoms with E-state index in [9.17, 15) is 9.59 Å². The van der Waals surface area contributed by atoms with Crippen molar-refractivity contribution in [2.75, 3.05) is 11.1 Å². The fraction of sp³-hybridized carbons (Fsp3) is 0.273. The van der Waals surface area contributed by atoms with Gasteiger partial charge in [0.05, 0.1) is 5.92 Å². The lowest BCUT2D eigenvalue weighted by molar-refractivity contribution is -0.119. The first kappa shape index (κ1) is 12.0. The van der Waals surface area contributed by atoms with Gasteiger partial charge in [-0.25, -0.2) is 4.98 Å². The minimum absolute atomic E-state index is 0.142. The summed E-state index contributed by atoms with van der Waals surface area (Å²) in [4.78, 5) is 27.9. The van der Waals surface area contributed by atoms with Crippen molar-refractivity contribution in [2.45, 2.75) is 11.7 Å². The molecule has 0 fully saturated rings. The van der Waals surface area contributed by atoms with Crippen LogP contribution in [0.15, 0.2) is 39.1 Å². The zero-order valence-electron chi connectivity index (χ0n) is 9.78. The summed E-state index contributed by atoms with van der Waals surface area (Å²) in [6, 6.07) is 2.96. The first-order chi connectivity index (χ1) is 9.24. The highest BCUT2D eigenvalue weighted by Crippen LogP contribution is 2.25. The molecule has 0 saturated heterocycles. The predicted octanol–water partition coefficient (Wildman–Crippen LogP) is 0.592. The van der Waals surface area contributed by atoms with Crippen LogP contribution in [0.2, 0.25) is 0 Å². The summed E-state index contributed by atoms with van der Waals surface area (Å²) in [5.41, 5.74) is -0.142. The molecule has 0 saturated carbocycles. The van der Waals surface area contributed by atoms with E-state index in [0.717, 1.165) is 0 Å². The number of fused-ring (bicyclic) bond motifs is 1. The van der Waals surface area contributed by atoms with Gasteiger partial charge in [0.1, 0.15) is 6.26 Å². The number of aromatic nitrogens is 3. The molecule has 1 unspecified atom stereocenters. The lowest BCUT2D eigenvalue weighted by atomic mass is 10.1. The normalized spacial score (nSPS) is 17.8. The Kier molecular flexibility index (Phi) is 3.08. The van der Waals surface area contributed by atoms with Gasteiger partial charge in [0.2, 0.25) is 5.91 Å². The molecule has 3 rings (SSSR count). The Morgan fingerprint density at radius 1 is 1.53 bits per heavy atom. The number of rotatable bonds is 2. The van der Waals surface area contributed by atoms with Gasteiger partial charge >= 0.3 is 0 Å². The van der Waals surface area contributed by atoms with Crippen LogP contribution in [0.5, 0.6) is 0 Å². The SMILES string of the molecule is O=C(Nc1ccon1)C1CSc2nccc(=O)n2C1. The molecule has 0 spiro atoms. The zero-order chi connectivity index (χ0) is 13.2. The van der Waals surface area contributed by atoms with E-state index in [-0.39, 0.29) is 17.4 Å². The van der Waals surface area contributed by atoms with Crippen LogP contribution in [0, 0.1) is 5.92 Å². The topological polar surface area (TPSA) is 90.0 Å². The Morgan fingerprint density at radius 3 is 3.21 bits per heavy atom. The van der Waals surface area contributed by atoms with Crippen LogP contribution in [0.1, 0.15) is 0 Å². The van der Waals surface area contributed by atoms with Gasteiger partial charge in [0, 0.05) is 30.6 Å². The van der Waals surface area contributed by atoms with Crippen molar-refractivity contribution in [1.82, 2.24) is 14.7 Å². The highest BCUT2D eigenvalue weighted by atomic mass is 32.2. The maximum absolute atomic E-state index is 12.0. The summed E-state index contributed by atoms with van der Waals surface area (Å²) in [5, 5.41) is 6.92. The quantitative estimate of drug-likeness (QED) is 0.809. The van der Waals surface area contributed by atoms with Gasteiger partial charge in [-0.1, -0.05) is 16.9 Å². The highest BCUT2D eigenvalue weighted by Gasteiger charge is 2.26. The summed E-state index contributed by atoms with van der Waals surface area (Å²) >= 11 is 1.40. The van der Waals surface area contributed by atoms with Crippen molar-refractivity contribution >= 4 is 23.5 Å². The summed E-state index contributed by atoms with van der Waals surface area (Å²) in [5.74, 6) is 0.485. The van der Waals surface area contributed by atoms with E-state index in [1.165, 1.54) is 34.9 Å². The minimum atomic E-state index is -0.295. The third-order valence-corrected chi connectivity index (χ3v) is 3.93. The van der Waals surface area contributed by atoms with Crippen LogP contribution in [0.3, 0.4) is 0 Å². The average Bonchev–Trinajstić information content (AvgIpc) is 2.92. The van der Waals surface area contributed by atoms with Gasteiger partial charge in [-0.05, 0) is 0 Å². The lowest BCUT2D eigenvalue weighted by Crippen LogP contribution is -2.36. The van der Waals surface area contributed by atoms with Gasteiger partial charge in [-0.3, -0.25) is 14.2 Å². The molecular weight excluding hydrogens is 268 g/mol. The third-order valence-electron chi connectivity index (χ3n) is 2.78.